The Hall–Kier alpha value is -1.85. The molecule has 6 heteroatoms. The Morgan fingerprint density at radius 1 is 1.04 bits per heavy atom. The number of rotatable bonds is 2. The van der Waals surface area contributed by atoms with Crippen LogP contribution < -0.4 is 5.32 Å². The van der Waals surface area contributed by atoms with E-state index in [0.29, 0.717) is 0 Å². The fourth-order valence-electron chi connectivity index (χ4n) is 4.91. The van der Waals surface area contributed by atoms with Crippen LogP contribution in [0.4, 0.5) is 4.79 Å². The fraction of sp³-hybridized carbons (Fsp3) is 0.722. The lowest BCUT2D eigenvalue weighted by atomic mass is 9.63. The van der Waals surface area contributed by atoms with Gasteiger partial charge in [-0.25, -0.2) is 4.79 Å². The van der Waals surface area contributed by atoms with Crippen molar-refractivity contribution < 1.29 is 14.4 Å². The Balaban J connectivity index is 1.47. The summed E-state index contributed by atoms with van der Waals surface area (Å²) in [4.78, 5) is 41.2. The molecule has 2 heterocycles. The third-order valence-corrected chi connectivity index (χ3v) is 6.16. The smallest absolute Gasteiger partial charge is 0.319 e. The third kappa shape index (κ3) is 2.34. The number of urea groups is 1. The number of amides is 4. The molecule has 0 radical (unpaired) electrons. The summed E-state index contributed by atoms with van der Waals surface area (Å²) in [5, 5.41) is 2.86. The predicted octanol–water partition coefficient (Wildman–Crippen LogP) is 1.73. The predicted molar refractivity (Wildman–Crippen MR) is 87.6 cm³/mol. The van der Waals surface area contributed by atoms with Crippen LogP contribution in [-0.4, -0.2) is 46.9 Å². The van der Waals surface area contributed by atoms with Gasteiger partial charge in [-0.1, -0.05) is 12.2 Å². The van der Waals surface area contributed by atoms with E-state index in [2.05, 4.69) is 17.5 Å². The minimum Gasteiger partial charge on any atom is -0.325 e. The molecule has 1 saturated carbocycles. The van der Waals surface area contributed by atoms with Gasteiger partial charge in [0.25, 0.3) is 0 Å². The van der Waals surface area contributed by atoms with Crippen molar-refractivity contribution in [2.75, 3.05) is 13.1 Å². The highest BCUT2D eigenvalue weighted by Crippen LogP contribution is 2.49. The van der Waals surface area contributed by atoms with Gasteiger partial charge in [0, 0.05) is 13.1 Å². The third-order valence-electron chi connectivity index (χ3n) is 6.16. The molecule has 0 spiro atoms. The van der Waals surface area contributed by atoms with Crippen molar-refractivity contribution in [3.8, 4) is 0 Å². The number of nitrogens with zero attached hydrogens (tertiary/aromatic N) is 2. The van der Waals surface area contributed by atoms with Crippen molar-refractivity contribution in [1.82, 2.24) is 15.1 Å². The van der Waals surface area contributed by atoms with Crippen LogP contribution >= 0.6 is 0 Å². The van der Waals surface area contributed by atoms with Crippen LogP contribution in [0.15, 0.2) is 12.2 Å². The van der Waals surface area contributed by atoms with E-state index in [1.54, 1.807) is 11.8 Å². The normalized spacial score (nSPS) is 36.0. The van der Waals surface area contributed by atoms with Crippen molar-refractivity contribution in [3.63, 3.8) is 0 Å². The van der Waals surface area contributed by atoms with Gasteiger partial charge >= 0.3 is 6.03 Å². The Kier molecular flexibility index (Phi) is 3.85. The quantitative estimate of drug-likeness (QED) is 0.619. The molecule has 0 aromatic carbocycles. The molecule has 6 nitrogen and oxygen atoms in total. The second-order valence-corrected chi connectivity index (χ2v) is 7.56. The SMILES string of the molecule is C[C@H](NC(=O)N1CCCCC1)N1C(=O)[C@H]2[C@H](C1=O)[C@H]1C=C[C@H]2CC1. The Bertz CT molecular complexity index is 564. The van der Waals surface area contributed by atoms with Crippen molar-refractivity contribution in [3.05, 3.63) is 12.2 Å². The van der Waals surface area contributed by atoms with Gasteiger partial charge in [-0.3, -0.25) is 14.5 Å². The molecule has 130 valence electrons. The molecule has 2 bridgehead atoms. The minimum absolute atomic E-state index is 0.101. The standard InChI is InChI=1S/C18H25N3O3/c1-11(19-18(24)20-9-3-2-4-10-20)21-16(22)14-12-5-6-13(8-7-12)15(14)17(21)23/h5-6,11-15H,2-4,7-10H2,1H3,(H,19,24)/t11-,12+,13+,14-,15-/m1/s1. The average molecular weight is 331 g/mol. The largest absolute Gasteiger partial charge is 0.325 e. The number of piperidine rings is 1. The van der Waals surface area contributed by atoms with Crippen LogP contribution in [0.2, 0.25) is 0 Å². The molecule has 3 fully saturated rings. The van der Waals surface area contributed by atoms with Crippen LogP contribution in [0.3, 0.4) is 0 Å². The van der Waals surface area contributed by atoms with Gasteiger partial charge in [-0.05, 0) is 50.9 Å². The van der Waals surface area contributed by atoms with Crippen molar-refractivity contribution in [1.29, 1.82) is 0 Å². The highest BCUT2D eigenvalue weighted by molar-refractivity contribution is 6.06. The summed E-state index contributed by atoms with van der Waals surface area (Å²) in [7, 11) is 0. The van der Waals surface area contributed by atoms with E-state index in [1.165, 1.54) is 4.90 Å². The van der Waals surface area contributed by atoms with Crippen LogP contribution in [-0.2, 0) is 9.59 Å². The summed E-state index contributed by atoms with van der Waals surface area (Å²) in [5.74, 6) is -0.255. The van der Waals surface area contributed by atoms with E-state index < -0.39 is 6.17 Å². The van der Waals surface area contributed by atoms with Gasteiger partial charge in [0.2, 0.25) is 11.8 Å². The van der Waals surface area contributed by atoms with Crippen molar-refractivity contribution >= 4 is 17.8 Å². The van der Waals surface area contributed by atoms with E-state index in [0.717, 1.165) is 45.2 Å². The lowest BCUT2D eigenvalue weighted by molar-refractivity contribution is -0.142. The first-order valence-corrected chi connectivity index (χ1v) is 9.18. The Morgan fingerprint density at radius 3 is 2.08 bits per heavy atom. The second-order valence-electron chi connectivity index (χ2n) is 7.56. The van der Waals surface area contributed by atoms with Gasteiger partial charge in [0.15, 0.2) is 0 Å². The number of allylic oxidation sites excluding steroid dienone is 2. The first-order chi connectivity index (χ1) is 11.6. The molecule has 24 heavy (non-hydrogen) atoms. The molecule has 0 aromatic rings. The number of carbonyl (C=O) groups excluding carboxylic acids is 3. The molecule has 1 N–H and O–H groups in total. The summed E-state index contributed by atoms with van der Waals surface area (Å²) in [5.41, 5.74) is 0. The molecule has 3 aliphatic carbocycles. The van der Waals surface area contributed by atoms with Gasteiger partial charge in [-0.2, -0.15) is 0 Å². The molecule has 5 aliphatic rings. The molecule has 5 atom stereocenters. The molecular formula is C18H25N3O3. The highest BCUT2D eigenvalue weighted by Gasteiger charge is 2.57. The molecule has 2 saturated heterocycles. The van der Waals surface area contributed by atoms with E-state index in [9.17, 15) is 14.4 Å². The van der Waals surface area contributed by atoms with Crippen LogP contribution in [0.5, 0.6) is 0 Å². The van der Waals surface area contributed by atoms with E-state index in [-0.39, 0.29) is 41.5 Å². The summed E-state index contributed by atoms with van der Waals surface area (Å²) >= 11 is 0. The highest BCUT2D eigenvalue weighted by atomic mass is 16.2. The second kappa shape index (κ2) is 5.90. The van der Waals surface area contributed by atoms with E-state index in [1.807, 2.05) is 0 Å². The Morgan fingerprint density at radius 2 is 1.58 bits per heavy atom. The van der Waals surface area contributed by atoms with Gasteiger partial charge < -0.3 is 10.2 Å². The average Bonchev–Trinajstić information content (AvgIpc) is 2.90. The molecular weight excluding hydrogens is 306 g/mol. The maximum Gasteiger partial charge on any atom is 0.319 e. The number of nitrogens with one attached hydrogen (secondary N) is 1. The maximum atomic E-state index is 12.8. The van der Waals surface area contributed by atoms with Crippen LogP contribution in [0.25, 0.3) is 0 Å². The zero-order chi connectivity index (χ0) is 16.8. The summed E-state index contributed by atoms with van der Waals surface area (Å²) in [6, 6.07) is -0.168. The lowest BCUT2D eigenvalue weighted by Gasteiger charge is -2.38. The van der Waals surface area contributed by atoms with Crippen LogP contribution in [0.1, 0.15) is 39.0 Å². The summed E-state index contributed by atoms with van der Waals surface area (Å²) < 4.78 is 0. The number of likely N-dealkylation sites (tertiary alicyclic amines) is 2. The zero-order valence-electron chi connectivity index (χ0n) is 14.1. The minimum atomic E-state index is -0.579. The number of fused-ring (bicyclic) bond motifs is 1. The maximum absolute atomic E-state index is 12.8. The van der Waals surface area contributed by atoms with Crippen molar-refractivity contribution in [2.45, 2.75) is 45.2 Å². The Labute approximate surface area is 142 Å². The van der Waals surface area contributed by atoms with Gasteiger partial charge in [0.05, 0.1) is 11.8 Å². The molecule has 5 rings (SSSR count). The molecule has 0 unspecified atom stereocenters. The monoisotopic (exact) mass is 331 g/mol. The molecule has 4 amide bonds. The number of imide groups is 1. The van der Waals surface area contributed by atoms with Gasteiger partial charge in [-0.15, -0.1) is 0 Å². The number of hydrogen-bond acceptors (Lipinski definition) is 3. The fourth-order valence-corrected chi connectivity index (χ4v) is 4.91. The first kappa shape index (κ1) is 15.7. The zero-order valence-corrected chi connectivity index (χ0v) is 14.1. The van der Waals surface area contributed by atoms with Crippen LogP contribution in [0, 0.1) is 23.7 Å². The van der Waals surface area contributed by atoms with Crippen molar-refractivity contribution in [2.24, 2.45) is 23.7 Å². The lowest BCUT2D eigenvalue weighted by Crippen LogP contribution is -2.54. The summed E-state index contributed by atoms with van der Waals surface area (Å²) in [6.45, 7) is 3.24. The topological polar surface area (TPSA) is 69.7 Å². The van der Waals surface area contributed by atoms with Gasteiger partial charge in [0.1, 0.15) is 6.17 Å². The van der Waals surface area contributed by atoms with E-state index in [4.69, 9.17) is 0 Å². The number of carbonyl (C=O) groups is 3. The van der Waals surface area contributed by atoms with E-state index >= 15 is 0 Å². The first-order valence-electron chi connectivity index (χ1n) is 9.18. The summed E-state index contributed by atoms with van der Waals surface area (Å²) in [6.07, 6.45) is 8.81. The molecule has 2 aliphatic heterocycles. The number of hydrogen-bond donors (Lipinski definition) is 1. The molecule has 0 aromatic heterocycles.